The number of nitrogens with zero attached hydrogens (tertiary/aromatic N) is 1. The van der Waals surface area contributed by atoms with Crippen molar-refractivity contribution in [3.8, 4) is 6.07 Å². The van der Waals surface area contributed by atoms with Gasteiger partial charge in [0.1, 0.15) is 11.9 Å². The van der Waals surface area contributed by atoms with E-state index in [9.17, 15) is 20.0 Å². The number of aliphatic hydroxyl groups is 1. The molecule has 4 heteroatoms. The van der Waals surface area contributed by atoms with Gasteiger partial charge in [0.25, 0.3) is 0 Å². The van der Waals surface area contributed by atoms with Gasteiger partial charge in [-0.25, -0.2) is 0 Å². The SMILES string of the molecule is CC(=O)C[C@@H]1[C@@]2(C)C=C(C#N)C(=O)C(C)(C)[C@@H]2CC[C@@]1(C)C(C)(C)CC[C@@]1(O)CCC(C)(C)CC1C. The fraction of sp³-hybridized carbons (Fsp3) is 0.844. The summed E-state index contributed by atoms with van der Waals surface area (Å²) in [5.74, 6) is 0.468. The summed E-state index contributed by atoms with van der Waals surface area (Å²) in [5, 5.41) is 21.5. The standard InChI is InChI=1S/C32H51NO3/c1-21-18-27(3,4)13-15-32(21,36)16-14-28(5,6)31(10)12-11-24-29(7,8)26(35)23(20-33)19-30(24,9)25(31)17-22(2)34/h19,21,24-25,36H,11-18H2,1-10H3/t21?,24-,25+,30-,31+,32-/m0/s1. The minimum Gasteiger partial charge on any atom is -0.390 e. The molecule has 0 aliphatic heterocycles. The van der Waals surface area contributed by atoms with E-state index < -0.39 is 16.4 Å². The number of fused-ring (bicyclic) bond motifs is 1. The quantitative estimate of drug-likeness (QED) is 0.413. The lowest BCUT2D eigenvalue weighted by molar-refractivity contribution is -0.158. The van der Waals surface area contributed by atoms with E-state index in [2.05, 4.69) is 54.5 Å². The molecule has 202 valence electrons. The first kappa shape index (κ1) is 29.1. The van der Waals surface area contributed by atoms with Crippen LogP contribution in [0.25, 0.3) is 0 Å². The molecule has 4 nitrogen and oxygen atoms in total. The van der Waals surface area contributed by atoms with E-state index in [1.54, 1.807) is 6.92 Å². The molecule has 2 fully saturated rings. The van der Waals surface area contributed by atoms with Crippen LogP contribution < -0.4 is 0 Å². The molecule has 6 atom stereocenters. The van der Waals surface area contributed by atoms with Crippen molar-refractivity contribution in [3.63, 3.8) is 0 Å². The third-order valence-electron chi connectivity index (χ3n) is 11.7. The molecule has 0 aromatic rings. The number of carbonyl (C=O) groups excluding carboxylic acids is 2. The van der Waals surface area contributed by atoms with Crippen LogP contribution in [-0.2, 0) is 9.59 Å². The lowest BCUT2D eigenvalue weighted by atomic mass is 9.39. The Morgan fingerprint density at radius 1 is 1.14 bits per heavy atom. The number of allylic oxidation sites excluding steroid dienone is 2. The number of Topliss-reactive ketones (excluding diaryl/α,β-unsaturated/α-hetero) is 2. The number of carbonyl (C=O) groups is 2. The summed E-state index contributed by atoms with van der Waals surface area (Å²) < 4.78 is 0. The number of ketones is 2. The summed E-state index contributed by atoms with van der Waals surface area (Å²) in [7, 11) is 0. The average molecular weight is 498 g/mol. The van der Waals surface area contributed by atoms with E-state index >= 15 is 0 Å². The van der Waals surface area contributed by atoms with E-state index in [0.717, 1.165) is 44.9 Å². The van der Waals surface area contributed by atoms with Crippen molar-refractivity contribution in [3.05, 3.63) is 11.6 Å². The van der Waals surface area contributed by atoms with Gasteiger partial charge < -0.3 is 9.90 Å². The molecule has 3 rings (SSSR count). The first-order valence-corrected chi connectivity index (χ1v) is 14.2. The number of rotatable bonds is 6. The topological polar surface area (TPSA) is 78.2 Å². The summed E-state index contributed by atoms with van der Waals surface area (Å²) in [6, 6.07) is 2.19. The Kier molecular flexibility index (Phi) is 7.33. The van der Waals surface area contributed by atoms with Gasteiger partial charge in [0.15, 0.2) is 5.78 Å². The molecule has 0 bridgehead atoms. The molecular formula is C32H51NO3. The summed E-state index contributed by atoms with van der Waals surface area (Å²) in [6.45, 7) is 21.6. The first-order valence-electron chi connectivity index (χ1n) is 14.2. The highest BCUT2D eigenvalue weighted by Gasteiger charge is 2.63. The minimum atomic E-state index is -0.645. The number of hydrogen-bond acceptors (Lipinski definition) is 4. The van der Waals surface area contributed by atoms with Gasteiger partial charge in [-0.1, -0.05) is 68.4 Å². The summed E-state index contributed by atoms with van der Waals surface area (Å²) in [6.07, 6.45) is 8.79. The highest BCUT2D eigenvalue weighted by molar-refractivity contribution is 6.04. The maximum Gasteiger partial charge on any atom is 0.178 e. The summed E-state index contributed by atoms with van der Waals surface area (Å²) in [4.78, 5) is 25.9. The van der Waals surface area contributed by atoms with Gasteiger partial charge in [-0.2, -0.15) is 5.26 Å². The Hall–Kier alpha value is -1.47. The van der Waals surface area contributed by atoms with Crippen molar-refractivity contribution < 1.29 is 14.7 Å². The van der Waals surface area contributed by atoms with Crippen LogP contribution in [0.4, 0.5) is 0 Å². The van der Waals surface area contributed by atoms with Gasteiger partial charge in [-0.15, -0.1) is 0 Å². The maximum atomic E-state index is 13.2. The molecule has 1 unspecified atom stereocenters. The monoisotopic (exact) mass is 497 g/mol. The lowest BCUT2D eigenvalue weighted by Crippen LogP contribution is -2.60. The van der Waals surface area contributed by atoms with Crippen LogP contribution >= 0.6 is 0 Å². The zero-order valence-corrected chi connectivity index (χ0v) is 24.7. The first-order chi connectivity index (χ1) is 16.3. The summed E-state index contributed by atoms with van der Waals surface area (Å²) in [5.41, 5.74) is -1.47. The molecule has 3 aliphatic rings. The van der Waals surface area contributed by atoms with E-state index in [-0.39, 0.29) is 51.1 Å². The highest BCUT2D eigenvalue weighted by Crippen LogP contribution is 2.68. The third kappa shape index (κ3) is 4.63. The molecule has 0 heterocycles. The zero-order valence-electron chi connectivity index (χ0n) is 24.7. The second-order valence-corrected chi connectivity index (χ2v) is 15.3. The van der Waals surface area contributed by atoms with Crippen molar-refractivity contribution >= 4 is 11.6 Å². The molecular weight excluding hydrogens is 446 g/mol. The second kappa shape index (κ2) is 9.07. The van der Waals surface area contributed by atoms with Crippen LogP contribution in [0.3, 0.4) is 0 Å². The minimum absolute atomic E-state index is 0.0179. The molecule has 0 spiro atoms. The van der Waals surface area contributed by atoms with E-state index in [1.807, 2.05) is 19.9 Å². The molecule has 36 heavy (non-hydrogen) atoms. The normalized spacial score (nSPS) is 40.1. The van der Waals surface area contributed by atoms with Crippen molar-refractivity contribution in [2.75, 3.05) is 0 Å². The van der Waals surface area contributed by atoms with Crippen LogP contribution in [0.1, 0.15) is 121 Å². The Morgan fingerprint density at radius 3 is 2.28 bits per heavy atom. The predicted molar refractivity (Wildman–Crippen MR) is 145 cm³/mol. The van der Waals surface area contributed by atoms with Crippen molar-refractivity contribution in [1.82, 2.24) is 0 Å². The smallest absolute Gasteiger partial charge is 0.178 e. The fourth-order valence-electron chi connectivity index (χ4n) is 8.81. The van der Waals surface area contributed by atoms with Crippen molar-refractivity contribution in [2.24, 2.45) is 44.8 Å². The molecule has 2 saturated carbocycles. The van der Waals surface area contributed by atoms with Crippen LogP contribution in [0.5, 0.6) is 0 Å². The van der Waals surface area contributed by atoms with Crippen LogP contribution in [0.15, 0.2) is 11.6 Å². The van der Waals surface area contributed by atoms with Gasteiger partial charge in [-0.05, 0) is 91.3 Å². The van der Waals surface area contributed by atoms with E-state index in [0.29, 0.717) is 6.42 Å². The number of hydrogen-bond donors (Lipinski definition) is 1. The van der Waals surface area contributed by atoms with Gasteiger partial charge in [0.2, 0.25) is 0 Å². The van der Waals surface area contributed by atoms with Crippen LogP contribution in [0, 0.1) is 56.2 Å². The third-order valence-corrected chi connectivity index (χ3v) is 11.7. The fourth-order valence-corrected chi connectivity index (χ4v) is 8.81. The van der Waals surface area contributed by atoms with Crippen molar-refractivity contribution in [2.45, 2.75) is 126 Å². The predicted octanol–water partition coefficient (Wildman–Crippen LogP) is 7.45. The largest absolute Gasteiger partial charge is 0.390 e. The zero-order chi connectivity index (χ0) is 27.5. The van der Waals surface area contributed by atoms with Crippen molar-refractivity contribution in [1.29, 1.82) is 5.26 Å². The molecule has 1 N–H and O–H groups in total. The van der Waals surface area contributed by atoms with Gasteiger partial charge in [0.05, 0.1) is 11.2 Å². The molecule has 0 amide bonds. The second-order valence-electron chi connectivity index (χ2n) is 15.3. The molecule has 0 aromatic heterocycles. The van der Waals surface area contributed by atoms with Gasteiger partial charge >= 0.3 is 0 Å². The highest BCUT2D eigenvalue weighted by atomic mass is 16.3. The van der Waals surface area contributed by atoms with Crippen LogP contribution in [-0.4, -0.2) is 22.3 Å². The van der Waals surface area contributed by atoms with Gasteiger partial charge in [0, 0.05) is 11.8 Å². The van der Waals surface area contributed by atoms with Crippen LogP contribution in [0.2, 0.25) is 0 Å². The summed E-state index contributed by atoms with van der Waals surface area (Å²) >= 11 is 0. The van der Waals surface area contributed by atoms with E-state index in [1.165, 1.54) is 0 Å². The average Bonchev–Trinajstić information content (AvgIpc) is 2.75. The molecule has 0 radical (unpaired) electrons. The Bertz CT molecular complexity index is 982. The Morgan fingerprint density at radius 2 is 1.75 bits per heavy atom. The lowest BCUT2D eigenvalue weighted by Gasteiger charge is -2.64. The molecule has 0 saturated heterocycles. The van der Waals surface area contributed by atoms with Gasteiger partial charge in [-0.3, -0.25) is 4.79 Å². The Labute approximate surface area is 220 Å². The maximum absolute atomic E-state index is 13.2. The number of nitriles is 1. The Balaban J connectivity index is 1.99. The molecule has 3 aliphatic carbocycles. The van der Waals surface area contributed by atoms with E-state index in [4.69, 9.17) is 0 Å². The molecule has 0 aromatic carbocycles.